The molecule has 1 aliphatic heterocycles. The number of carbonyl (C=O) groups is 2. The Bertz CT molecular complexity index is 860. The predicted molar refractivity (Wildman–Crippen MR) is 91.9 cm³/mol. The van der Waals surface area contributed by atoms with Crippen molar-refractivity contribution >= 4 is 17.8 Å². The predicted octanol–water partition coefficient (Wildman–Crippen LogP) is 4.01. The van der Waals surface area contributed by atoms with Gasteiger partial charge in [0, 0.05) is 22.5 Å². The summed E-state index contributed by atoms with van der Waals surface area (Å²) >= 11 is 0. The van der Waals surface area contributed by atoms with Gasteiger partial charge in [0.05, 0.1) is 0 Å². The number of benzene rings is 1. The topological polar surface area (TPSA) is 43.4 Å². The minimum absolute atomic E-state index is 0.0138. The molecule has 1 saturated carbocycles. The summed E-state index contributed by atoms with van der Waals surface area (Å²) in [5.41, 5.74) is 2.78. The molecule has 1 saturated heterocycles. The number of halogens is 1. The molecule has 1 heterocycles. The molecule has 25 heavy (non-hydrogen) atoms. The second-order valence-electron chi connectivity index (χ2n) is 7.28. The maximum absolute atomic E-state index is 13.1. The smallest absolute Gasteiger partial charge is 0.335 e. The van der Waals surface area contributed by atoms with Crippen LogP contribution in [0.15, 0.2) is 53.1 Å². The molecule has 2 fully saturated rings. The molecule has 0 unspecified atom stereocenters. The normalized spacial score (nSPS) is 32.7. The summed E-state index contributed by atoms with van der Waals surface area (Å²) in [5.74, 6) is -0.725. The lowest BCUT2D eigenvalue weighted by molar-refractivity contribution is -0.138. The van der Waals surface area contributed by atoms with Gasteiger partial charge in [0.25, 0.3) is 0 Å². The third kappa shape index (κ3) is 2.48. The van der Waals surface area contributed by atoms with E-state index in [0.717, 1.165) is 24.0 Å². The van der Waals surface area contributed by atoms with Crippen LogP contribution in [-0.4, -0.2) is 17.9 Å². The van der Waals surface area contributed by atoms with Crippen LogP contribution in [0.1, 0.15) is 32.3 Å². The molecule has 1 aromatic carbocycles. The number of carbonyl (C=O) groups excluding carboxylic acids is 2. The van der Waals surface area contributed by atoms with Gasteiger partial charge in [-0.1, -0.05) is 25.1 Å². The highest BCUT2D eigenvalue weighted by Gasteiger charge is 2.51. The van der Waals surface area contributed by atoms with Gasteiger partial charge in [-0.15, -0.1) is 0 Å². The fraction of sp³-hybridized carbons (Fsp3) is 0.333. The highest BCUT2D eigenvalue weighted by molar-refractivity contribution is 6.06. The Morgan fingerprint density at radius 1 is 1.24 bits per heavy atom. The number of fused-ring (bicyclic) bond motifs is 3. The minimum atomic E-state index is -0.383. The van der Waals surface area contributed by atoms with Gasteiger partial charge in [-0.25, -0.2) is 9.18 Å². The minimum Gasteiger partial charge on any atom is -0.454 e. The highest BCUT2D eigenvalue weighted by atomic mass is 19.1. The Balaban J connectivity index is 1.75. The lowest BCUT2D eigenvalue weighted by Gasteiger charge is -2.42. The standard InChI is InChI=1S/C21H19FO3/c1-12-17(23)8-10-21(2)9-7-15-16(20(24)25-19(15)18(12)21)11-13-3-5-14(22)6-4-13/h3-6,8,10-11,15,19H,7,9H2,1-2H3/b16-11+/t15-,19-,21-/m0/s1. The molecule has 2 aliphatic carbocycles. The zero-order valence-corrected chi connectivity index (χ0v) is 14.2. The Labute approximate surface area is 145 Å². The SMILES string of the molecule is CC1=C2[C@H]3OC(=O)/C(=C/c4ccc(F)cc4)[C@@H]3CC[C@@]2(C)C=CC1=O. The van der Waals surface area contributed by atoms with Crippen LogP contribution in [0.2, 0.25) is 0 Å². The second kappa shape index (κ2) is 5.51. The van der Waals surface area contributed by atoms with E-state index in [0.29, 0.717) is 11.1 Å². The third-order valence-electron chi connectivity index (χ3n) is 5.68. The van der Waals surface area contributed by atoms with Gasteiger partial charge in [0.15, 0.2) is 5.78 Å². The van der Waals surface area contributed by atoms with Crippen LogP contribution < -0.4 is 0 Å². The van der Waals surface area contributed by atoms with E-state index in [2.05, 4.69) is 6.92 Å². The van der Waals surface area contributed by atoms with Gasteiger partial charge >= 0.3 is 5.97 Å². The Morgan fingerprint density at radius 3 is 2.68 bits per heavy atom. The van der Waals surface area contributed by atoms with Gasteiger partial charge in [0.1, 0.15) is 11.9 Å². The van der Waals surface area contributed by atoms with Crippen LogP contribution >= 0.6 is 0 Å². The van der Waals surface area contributed by atoms with Crippen molar-refractivity contribution in [3.05, 3.63) is 64.5 Å². The zero-order valence-electron chi connectivity index (χ0n) is 14.2. The zero-order chi connectivity index (χ0) is 17.8. The molecule has 0 bridgehead atoms. The van der Waals surface area contributed by atoms with Crippen LogP contribution in [0, 0.1) is 17.2 Å². The van der Waals surface area contributed by atoms with E-state index in [1.165, 1.54) is 12.1 Å². The molecule has 3 aliphatic rings. The molecule has 4 rings (SSSR count). The number of rotatable bonds is 1. The van der Waals surface area contributed by atoms with E-state index >= 15 is 0 Å². The lowest BCUT2D eigenvalue weighted by atomic mass is 9.62. The Kier molecular flexibility index (Phi) is 3.53. The van der Waals surface area contributed by atoms with Crippen LogP contribution in [0.5, 0.6) is 0 Å². The van der Waals surface area contributed by atoms with E-state index in [4.69, 9.17) is 4.74 Å². The first kappa shape index (κ1) is 16.0. The van der Waals surface area contributed by atoms with Crippen LogP contribution in [0.4, 0.5) is 4.39 Å². The average molecular weight is 338 g/mol. The molecule has 3 atom stereocenters. The largest absolute Gasteiger partial charge is 0.454 e. The quantitative estimate of drug-likeness (QED) is 0.574. The summed E-state index contributed by atoms with van der Waals surface area (Å²) in [4.78, 5) is 24.6. The molecule has 4 heteroatoms. The molecule has 0 spiro atoms. The summed E-state index contributed by atoms with van der Waals surface area (Å²) in [6.45, 7) is 3.91. The Morgan fingerprint density at radius 2 is 1.96 bits per heavy atom. The van der Waals surface area contributed by atoms with Crippen molar-refractivity contribution in [2.24, 2.45) is 11.3 Å². The van der Waals surface area contributed by atoms with E-state index in [1.54, 1.807) is 24.3 Å². The summed E-state index contributed by atoms with van der Waals surface area (Å²) < 4.78 is 18.8. The first-order valence-electron chi connectivity index (χ1n) is 8.52. The molecule has 0 radical (unpaired) electrons. The monoisotopic (exact) mass is 338 g/mol. The molecule has 1 aromatic rings. The van der Waals surface area contributed by atoms with Gasteiger partial charge in [-0.3, -0.25) is 4.79 Å². The van der Waals surface area contributed by atoms with Crippen molar-refractivity contribution in [3.8, 4) is 0 Å². The maximum Gasteiger partial charge on any atom is 0.335 e. The lowest BCUT2D eigenvalue weighted by Crippen LogP contribution is -2.39. The third-order valence-corrected chi connectivity index (χ3v) is 5.68. The number of allylic oxidation sites excluding steroid dienone is 3. The summed E-state index contributed by atoms with van der Waals surface area (Å²) in [6, 6.07) is 6.04. The molecule has 0 amide bonds. The van der Waals surface area contributed by atoms with Crippen molar-refractivity contribution in [2.75, 3.05) is 0 Å². The number of ether oxygens (including phenoxy) is 1. The van der Waals surface area contributed by atoms with Crippen molar-refractivity contribution in [1.29, 1.82) is 0 Å². The highest BCUT2D eigenvalue weighted by Crippen LogP contribution is 2.53. The Hall–Kier alpha value is -2.49. The fourth-order valence-corrected chi connectivity index (χ4v) is 4.30. The van der Waals surface area contributed by atoms with Crippen molar-refractivity contribution < 1.29 is 18.7 Å². The fourth-order valence-electron chi connectivity index (χ4n) is 4.30. The second-order valence-corrected chi connectivity index (χ2v) is 7.28. The van der Waals surface area contributed by atoms with E-state index < -0.39 is 0 Å². The maximum atomic E-state index is 13.1. The van der Waals surface area contributed by atoms with Gasteiger partial charge < -0.3 is 4.74 Å². The van der Waals surface area contributed by atoms with Gasteiger partial charge in [-0.05, 0) is 55.2 Å². The van der Waals surface area contributed by atoms with Gasteiger partial charge in [0.2, 0.25) is 0 Å². The number of hydrogen-bond acceptors (Lipinski definition) is 3. The van der Waals surface area contributed by atoms with E-state index in [9.17, 15) is 14.0 Å². The first-order chi connectivity index (χ1) is 11.9. The van der Waals surface area contributed by atoms with Crippen molar-refractivity contribution in [1.82, 2.24) is 0 Å². The van der Waals surface area contributed by atoms with Gasteiger partial charge in [-0.2, -0.15) is 0 Å². The number of ketones is 1. The molecule has 0 N–H and O–H groups in total. The number of esters is 1. The van der Waals surface area contributed by atoms with Crippen molar-refractivity contribution in [2.45, 2.75) is 32.8 Å². The summed E-state index contributed by atoms with van der Waals surface area (Å²) in [6.07, 6.45) is 6.66. The molecule has 3 nitrogen and oxygen atoms in total. The van der Waals surface area contributed by atoms with Crippen LogP contribution in [-0.2, 0) is 14.3 Å². The van der Waals surface area contributed by atoms with E-state index in [-0.39, 0.29) is 35.0 Å². The summed E-state index contributed by atoms with van der Waals surface area (Å²) in [7, 11) is 0. The first-order valence-corrected chi connectivity index (χ1v) is 8.52. The molecular weight excluding hydrogens is 319 g/mol. The molecule has 128 valence electrons. The van der Waals surface area contributed by atoms with Crippen LogP contribution in [0.25, 0.3) is 6.08 Å². The van der Waals surface area contributed by atoms with Crippen molar-refractivity contribution in [3.63, 3.8) is 0 Å². The van der Waals surface area contributed by atoms with Crippen LogP contribution in [0.3, 0.4) is 0 Å². The molecular formula is C21H19FO3. The summed E-state index contributed by atoms with van der Waals surface area (Å²) in [5, 5.41) is 0. The number of hydrogen-bond donors (Lipinski definition) is 0. The van der Waals surface area contributed by atoms with E-state index in [1.807, 2.05) is 13.0 Å². The average Bonchev–Trinajstić information content (AvgIpc) is 2.89. The molecule has 0 aromatic heterocycles.